The summed E-state index contributed by atoms with van der Waals surface area (Å²) < 4.78 is 0. The maximum absolute atomic E-state index is 11.3. The number of hydrogen-bond donors (Lipinski definition) is 2. The van der Waals surface area contributed by atoms with Crippen LogP contribution < -0.4 is 5.32 Å². The topological polar surface area (TPSA) is 62.2 Å². The first-order valence-corrected chi connectivity index (χ1v) is 7.19. The summed E-state index contributed by atoms with van der Waals surface area (Å²) in [7, 11) is 0. The molecule has 0 aliphatic heterocycles. The van der Waals surface area contributed by atoms with Crippen molar-refractivity contribution in [3.8, 4) is 0 Å². The number of anilines is 1. The van der Waals surface area contributed by atoms with E-state index in [0.29, 0.717) is 12.4 Å². The zero-order valence-corrected chi connectivity index (χ0v) is 11.2. The fourth-order valence-electron chi connectivity index (χ4n) is 2.35. The molecule has 1 aliphatic rings. The molecule has 0 spiro atoms. The molecule has 0 saturated heterocycles. The van der Waals surface area contributed by atoms with Crippen LogP contribution in [0.4, 0.5) is 5.82 Å². The Hall–Kier alpha value is -1.88. The Balaban J connectivity index is 1.88. The molecule has 2 aromatic heterocycles. The van der Waals surface area contributed by atoms with Gasteiger partial charge in [0.15, 0.2) is 0 Å². The molecule has 3 rings (SSSR count). The molecule has 5 heteroatoms. The molecule has 0 saturated carbocycles. The Morgan fingerprint density at radius 2 is 2.37 bits per heavy atom. The summed E-state index contributed by atoms with van der Waals surface area (Å²) in [5.41, 5.74) is 3.54. The molecule has 2 heterocycles. The summed E-state index contributed by atoms with van der Waals surface area (Å²) in [4.78, 5) is 15.8. The van der Waals surface area contributed by atoms with Gasteiger partial charge in [0.2, 0.25) is 0 Å². The number of carbonyl (C=O) groups is 1. The predicted molar refractivity (Wildman–Crippen MR) is 74.9 cm³/mol. The summed E-state index contributed by atoms with van der Waals surface area (Å²) in [5, 5.41) is 16.5. The molecular weight excluding hydrogens is 260 g/mol. The molecule has 0 aromatic carbocycles. The fraction of sp³-hybridized carbons (Fsp3) is 0.286. The molecule has 4 nitrogen and oxygen atoms in total. The lowest BCUT2D eigenvalue weighted by molar-refractivity contribution is 0.0697. The van der Waals surface area contributed by atoms with Gasteiger partial charge in [-0.15, -0.1) is 0 Å². The van der Waals surface area contributed by atoms with Crippen molar-refractivity contribution in [3.05, 3.63) is 45.3 Å². The van der Waals surface area contributed by atoms with E-state index < -0.39 is 5.97 Å². The van der Waals surface area contributed by atoms with Crippen molar-refractivity contribution in [1.82, 2.24) is 4.98 Å². The normalized spacial score (nSPS) is 13.3. The number of thiophene rings is 1. The third kappa shape index (κ3) is 2.46. The highest BCUT2D eigenvalue weighted by Gasteiger charge is 2.19. The number of aromatic nitrogens is 1. The second-order valence-electron chi connectivity index (χ2n) is 4.63. The summed E-state index contributed by atoms with van der Waals surface area (Å²) in [5.74, 6) is -0.436. The second kappa shape index (κ2) is 5.01. The lowest BCUT2D eigenvalue weighted by atomic mass is 10.1. The van der Waals surface area contributed by atoms with Crippen LogP contribution in [0, 0.1) is 0 Å². The Kier molecular flexibility index (Phi) is 3.21. The highest BCUT2D eigenvalue weighted by Crippen LogP contribution is 2.25. The zero-order valence-electron chi connectivity index (χ0n) is 10.3. The van der Waals surface area contributed by atoms with Gasteiger partial charge in [0.25, 0.3) is 0 Å². The van der Waals surface area contributed by atoms with Crippen LogP contribution in [0.2, 0.25) is 0 Å². The SMILES string of the molecule is O=C(O)c1cc2c(nc1NCc1ccsc1)CCC2. The van der Waals surface area contributed by atoms with E-state index in [9.17, 15) is 9.90 Å². The lowest BCUT2D eigenvalue weighted by Gasteiger charge is -2.10. The van der Waals surface area contributed by atoms with E-state index in [1.807, 2.05) is 16.8 Å². The van der Waals surface area contributed by atoms with Crippen molar-refractivity contribution in [2.45, 2.75) is 25.8 Å². The Morgan fingerprint density at radius 1 is 1.47 bits per heavy atom. The molecular formula is C14H14N2O2S. The van der Waals surface area contributed by atoms with Crippen LogP contribution >= 0.6 is 11.3 Å². The third-order valence-corrected chi connectivity index (χ3v) is 4.05. The van der Waals surface area contributed by atoms with Crippen molar-refractivity contribution in [1.29, 1.82) is 0 Å². The standard InChI is InChI=1S/C14H14N2O2S/c17-14(18)11-6-10-2-1-3-12(10)16-13(11)15-7-9-4-5-19-8-9/h4-6,8H,1-3,7H2,(H,15,16)(H,17,18). The first kappa shape index (κ1) is 12.2. The van der Waals surface area contributed by atoms with Crippen LogP contribution in [0.25, 0.3) is 0 Å². The molecule has 19 heavy (non-hydrogen) atoms. The predicted octanol–water partition coefficient (Wildman–Crippen LogP) is 2.94. The number of aromatic carboxylic acids is 1. The van der Waals surface area contributed by atoms with Gasteiger partial charge in [-0.05, 0) is 53.3 Å². The van der Waals surface area contributed by atoms with Crippen molar-refractivity contribution in [3.63, 3.8) is 0 Å². The molecule has 0 fully saturated rings. The van der Waals surface area contributed by atoms with Gasteiger partial charge in [-0.3, -0.25) is 0 Å². The molecule has 2 N–H and O–H groups in total. The highest BCUT2D eigenvalue weighted by atomic mass is 32.1. The van der Waals surface area contributed by atoms with Gasteiger partial charge in [-0.1, -0.05) is 0 Å². The quantitative estimate of drug-likeness (QED) is 0.899. The van der Waals surface area contributed by atoms with Crippen LogP contribution in [-0.4, -0.2) is 16.1 Å². The largest absolute Gasteiger partial charge is 0.478 e. The third-order valence-electron chi connectivity index (χ3n) is 3.32. The molecule has 0 unspecified atom stereocenters. The van der Waals surface area contributed by atoms with Gasteiger partial charge in [0.05, 0.1) is 0 Å². The molecule has 0 atom stereocenters. The minimum absolute atomic E-state index is 0.274. The Bertz CT molecular complexity index is 608. The summed E-state index contributed by atoms with van der Waals surface area (Å²) in [6.45, 7) is 0.607. The Labute approximate surface area is 115 Å². The number of carboxylic acids is 1. The van der Waals surface area contributed by atoms with Gasteiger partial charge < -0.3 is 10.4 Å². The van der Waals surface area contributed by atoms with Gasteiger partial charge in [-0.2, -0.15) is 11.3 Å². The smallest absolute Gasteiger partial charge is 0.339 e. The number of nitrogens with zero attached hydrogens (tertiary/aromatic N) is 1. The van der Waals surface area contributed by atoms with Crippen molar-refractivity contribution in [2.75, 3.05) is 5.32 Å². The average molecular weight is 274 g/mol. The summed E-state index contributed by atoms with van der Waals surface area (Å²) in [6.07, 6.45) is 2.95. The Morgan fingerprint density at radius 3 is 3.11 bits per heavy atom. The monoisotopic (exact) mass is 274 g/mol. The first-order valence-electron chi connectivity index (χ1n) is 6.25. The van der Waals surface area contributed by atoms with E-state index >= 15 is 0 Å². The van der Waals surface area contributed by atoms with Gasteiger partial charge in [0, 0.05) is 12.2 Å². The van der Waals surface area contributed by atoms with E-state index in [1.54, 1.807) is 17.4 Å². The minimum atomic E-state index is -0.921. The van der Waals surface area contributed by atoms with Crippen LogP contribution in [0.15, 0.2) is 22.9 Å². The lowest BCUT2D eigenvalue weighted by Crippen LogP contribution is -2.10. The summed E-state index contributed by atoms with van der Waals surface area (Å²) in [6, 6.07) is 3.79. The van der Waals surface area contributed by atoms with Crippen molar-refractivity contribution in [2.24, 2.45) is 0 Å². The van der Waals surface area contributed by atoms with Crippen molar-refractivity contribution >= 4 is 23.1 Å². The maximum Gasteiger partial charge on any atom is 0.339 e. The van der Waals surface area contributed by atoms with Gasteiger partial charge in [0.1, 0.15) is 11.4 Å². The average Bonchev–Trinajstić information content (AvgIpc) is 3.05. The number of hydrogen-bond acceptors (Lipinski definition) is 4. The number of rotatable bonds is 4. The van der Waals surface area contributed by atoms with E-state index in [2.05, 4.69) is 10.3 Å². The first-order chi connectivity index (χ1) is 9.24. The van der Waals surface area contributed by atoms with E-state index in [-0.39, 0.29) is 5.56 Å². The molecule has 0 bridgehead atoms. The van der Waals surface area contributed by atoms with Gasteiger partial charge >= 0.3 is 5.97 Å². The molecule has 2 aromatic rings. The van der Waals surface area contributed by atoms with E-state index in [4.69, 9.17) is 0 Å². The number of aryl methyl sites for hydroxylation is 2. The van der Waals surface area contributed by atoms with E-state index in [0.717, 1.165) is 36.1 Å². The van der Waals surface area contributed by atoms with E-state index in [1.165, 1.54) is 0 Å². The molecule has 0 amide bonds. The second-order valence-corrected chi connectivity index (χ2v) is 5.41. The number of nitrogens with one attached hydrogen (secondary N) is 1. The molecule has 98 valence electrons. The van der Waals surface area contributed by atoms with Crippen LogP contribution in [0.3, 0.4) is 0 Å². The maximum atomic E-state index is 11.3. The minimum Gasteiger partial charge on any atom is -0.478 e. The van der Waals surface area contributed by atoms with Crippen LogP contribution in [0.5, 0.6) is 0 Å². The summed E-state index contributed by atoms with van der Waals surface area (Å²) >= 11 is 1.63. The van der Waals surface area contributed by atoms with Gasteiger partial charge in [-0.25, -0.2) is 9.78 Å². The highest BCUT2D eigenvalue weighted by molar-refractivity contribution is 7.07. The number of fused-ring (bicyclic) bond motifs is 1. The van der Waals surface area contributed by atoms with Crippen LogP contribution in [-0.2, 0) is 19.4 Å². The fourth-order valence-corrected chi connectivity index (χ4v) is 3.02. The zero-order chi connectivity index (χ0) is 13.2. The molecule has 1 aliphatic carbocycles. The molecule has 0 radical (unpaired) electrons. The number of pyridine rings is 1. The number of carboxylic acid groups (broad SMARTS) is 1. The van der Waals surface area contributed by atoms with Crippen molar-refractivity contribution < 1.29 is 9.90 Å². The van der Waals surface area contributed by atoms with Crippen LogP contribution in [0.1, 0.15) is 33.6 Å².